The zero-order valence-corrected chi connectivity index (χ0v) is 13.2. The molecule has 0 radical (unpaired) electrons. The molecule has 1 aromatic heterocycles. The van der Waals surface area contributed by atoms with Crippen LogP contribution in [0, 0.1) is 6.92 Å². The molecule has 2 rings (SSSR count). The maximum atomic E-state index is 12.6. The molecule has 2 aromatic rings. The number of thiophene rings is 1. The van der Waals surface area contributed by atoms with Gasteiger partial charge < -0.3 is 9.47 Å². The Morgan fingerprint density at radius 2 is 2.00 bits per heavy atom. The maximum absolute atomic E-state index is 12.6. The molecule has 0 amide bonds. The third kappa shape index (κ3) is 2.67. The van der Waals surface area contributed by atoms with Crippen LogP contribution in [0.15, 0.2) is 28.1 Å². The van der Waals surface area contributed by atoms with Crippen LogP contribution < -0.4 is 9.47 Å². The third-order valence-electron chi connectivity index (χ3n) is 2.78. The van der Waals surface area contributed by atoms with Gasteiger partial charge in [-0.15, -0.1) is 11.3 Å². The topological polar surface area (TPSA) is 35.5 Å². The van der Waals surface area contributed by atoms with E-state index in [4.69, 9.17) is 9.47 Å². The van der Waals surface area contributed by atoms with E-state index in [9.17, 15) is 4.79 Å². The van der Waals surface area contributed by atoms with E-state index in [0.717, 1.165) is 10.4 Å². The quantitative estimate of drug-likeness (QED) is 0.787. The van der Waals surface area contributed by atoms with Gasteiger partial charge in [0.15, 0.2) is 0 Å². The van der Waals surface area contributed by atoms with E-state index in [1.165, 1.54) is 11.3 Å². The summed E-state index contributed by atoms with van der Waals surface area (Å²) in [6, 6.07) is 5.40. The highest BCUT2D eigenvalue weighted by Gasteiger charge is 2.21. The first-order valence-electron chi connectivity index (χ1n) is 5.58. The Hall–Kier alpha value is -1.33. The fourth-order valence-electron chi connectivity index (χ4n) is 1.78. The van der Waals surface area contributed by atoms with Crippen LogP contribution in [0.5, 0.6) is 11.5 Å². The fraction of sp³-hybridized carbons (Fsp3) is 0.214. The fourth-order valence-corrected chi connectivity index (χ4v) is 3.25. The molecule has 5 heteroatoms. The molecule has 0 unspecified atom stereocenters. The number of halogens is 1. The van der Waals surface area contributed by atoms with Crippen molar-refractivity contribution < 1.29 is 14.3 Å². The largest absolute Gasteiger partial charge is 0.497 e. The highest BCUT2D eigenvalue weighted by Crippen LogP contribution is 2.35. The van der Waals surface area contributed by atoms with Gasteiger partial charge in [-0.1, -0.05) is 0 Å². The van der Waals surface area contributed by atoms with Crippen molar-refractivity contribution in [3.63, 3.8) is 0 Å². The second kappa shape index (κ2) is 5.75. The zero-order chi connectivity index (χ0) is 14.0. The average molecular weight is 341 g/mol. The van der Waals surface area contributed by atoms with Crippen LogP contribution in [0.25, 0.3) is 0 Å². The van der Waals surface area contributed by atoms with Crippen LogP contribution >= 0.6 is 27.3 Å². The first kappa shape index (κ1) is 14.1. The first-order chi connectivity index (χ1) is 9.08. The number of carbonyl (C=O) groups is 1. The molecule has 19 heavy (non-hydrogen) atoms. The predicted octanol–water partition coefficient (Wildman–Crippen LogP) is 4.07. The van der Waals surface area contributed by atoms with E-state index in [1.807, 2.05) is 18.4 Å². The smallest absolute Gasteiger partial charge is 0.208 e. The lowest BCUT2D eigenvalue weighted by atomic mass is 10.1. The monoisotopic (exact) mass is 340 g/mol. The number of benzene rings is 1. The van der Waals surface area contributed by atoms with Crippen molar-refractivity contribution in [2.75, 3.05) is 14.2 Å². The van der Waals surface area contributed by atoms with E-state index in [1.54, 1.807) is 26.4 Å². The van der Waals surface area contributed by atoms with E-state index >= 15 is 0 Å². The highest BCUT2D eigenvalue weighted by molar-refractivity contribution is 9.10. The summed E-state index contributed by atoms with van der Waals surface area (Å²) in [7, 11) is 3.12. The Morgan fingerprint density at radius 1 is 1.26 bits per heavy atom. The van der Waals surface area contributed by atoms with E-state index in [-0.39, 0.29) is 5.78 Å². The molecule has 0 saturated heterocycles. The summed E-state index contributed by atoms with van der Waals surface area (Å²) in [5.74, 6) is 1.10. The van der Waals surface area contributed by atoms with Gasteiger partial charge in [0.2, 0.25) is 5.78 Å². The van der Waals surface area contributed by atoms with Gasteiger partial charge in [0.05, 0.1) is 24.7 Å². The summed E-state index contributed by atoms with van der Waals surface area (Å²) < 4.78 is 11.1. The van der Waals surface area contributed by atoms with Crippen LogP contribution in [-0.4, -0.2) is 20.0 Å². The molecule has 3 nitrogen and oxygen atoms in total. The van der Waals surface area contributed by atoms with E-state index < -0.39 is 0 Å². The van der Waals surface area contributed by atoms with Crippen LogP contribution in [0.2, 0.25) is 0 Å². The van der Waals surface area contributed by atoms with Gasteiger partial charge in [-0.2, -0.15) is 0 Å². The Bertz CT molecular complexity index is 619. The van der Waals surface area contributed by atoms with Gasteiger partial charge in [-0.3, -0.25) is 4.79 Å². The van der Waals surface area contributed by atoms with Crippen molar-refractivity contribution in [3.8, 4) is 11.5 Å². The normalized spacial score (nSPS) is 10.3. The van der Waals surface area contributed by atoms with Gasteiger partial charge in [-0.05, 0) is 45.9 Å². The molecule has 0 saturated carbocycles. The molecular weight excluding hydrogens is 328 g/mol. The minimum atomic E-state index is -0.0427. The molecule has 1 heterocycles. The summed E-state index contributed by atoms with van der Waals surface area (Å²) in [6.07, 6.45) is 0. The van der Waals surface area contributed by atoms with Crippen molar-refractivity contribution in [1.29, 1.82) is 0 Å². The Morgan fingerprint density at radius 3 is 2.53 bits per heavy atom. The standard InChI is InChI=1S/C14H13BrO3S/c1-8-4-5-19-14(8)13(16)12-10(15)6-9(17-2)7-11(12)18-3/h4-7H,1-3H3. The SMILES string of the molecule is COc1cc(Br)c(C(=O)c2sccc2C)c(OC)c1. The number of ether oxygens (including phenoxy) is 2. The first-order valence-corrected chi connectivity index (χ1v) is 7.26. The summed E-state index contributed by atoms with van der Waals surface area (Å²) in [4.78, 5) is 13.3. The van der Waals surface area contributed by atoms with Gasteiger partial charge in [0, 0.05) is 10.5 Å². The van der Waals surface area contributed by atoms with Gasteiger partial charge in [0.1, 0.15) is 11.5 Å². The molecule has 0 bridgehead atoms. The molecule has 0 aliphatic heterocycles. The van der Waals surface area contributed by atoms with Gasteiger partial charge in [-0.25, -0.2) is 0 Å². The number of rotatable bonds is 4. The van der Waals surface area contributed by atoms with Crippen LogP contribution in [-0.2, 0) is 0 Å². The van der Waals surface area contributed by atoms with Crippen LogP contribution in [0.4, 0.5) is 0 Å². The molecule has 1 aromatic carbocycles. The maximum Gasteiger partial charge on any atom is 0.208 e. The number of ketones is 1. The van der Waals surface area contributed by atoms with Crippen LogP contribution in [0.1, 0.15) is 20.8 Å². The Kier molecular flexibility index (Phi) is 4.27. The highest BCUT2D eigenvalue weighted by atomic mass is 79.9. The van der Waals surface area contributed by atoms with E-state index in [0.29, 0.717) is 21.5 Å². The third-order valence-corrected chi connectivity index (χ3v) is 4.42. The Labute approximate surface area is 124 Å². The zero-order valence-electron chi connectivity index (χ0n) is 10.8. The molecule has 0 fully saturated rings. The predicted molar refractivity (Wildman–Crippen MR) is 79.7 cm³/mol. The Balaban J connectivity index is 2.56. The van der Waals surface area contributed by atoms with Crippen molar-refractivity contribution >= 4 is 33.0 Å². The molecule has 0 spiro atoms. The minimum absolute atomic E-state index is 0.0427. The molecular formula is C14H13BrO3S. The molecule has 100 valence electrons. The number of aryl methyl sites for hydroxylation is 1. The van der Waals surface area contributed by atoms with Crippen molar-refractivity contribution in [2.45, 2.75) is 6.92 Å². The lowest BCUT2D eigenvalue weighted by Crippen LogP contribution is -2.05. The lowest BCUT2D eigenvalue weighted by Gasteiger charge is -2.11. The summed E-state index contributed by atoms with van der Waals surface area (Å²) in [5.41, 5.74) is 1.49. The average Bonchev–Trinajstić information content (AvgIpc) is 2.83. The van der Waals surface area contributed by atoms with Gasteiger partial charge in [0.25, 0.3) is 0 Å². The number of carbonyl (C=O) groups excluding carboxylic acids is 1. The van der Waals surface area contributed by atoms with Crippen molar-refractivity contribution in [2.24, 2.45) is 0 Å². The summed E-state index contributed by atoms with van der Waals surface area (Å²) in [6.45, 7) is 1.92. The van der Waals surface area contributed by atoms with E-state index in [2.05, 4.69) is 15.9 Å². The molecule has 0 N–H and O–H groups in total. The number of hydrogen-bond donors (Lipinski definition) is 0. The minimum Gasteiger partial charge on any atom is -0.497 e. The van der Waals surface area contributed by atoms with Gasteiger partial charge >= 0.3 is 0 Å². The second-order valence-corrected chi connectivity index (χ2v) is 5.72. The lowest BCUT2D eigenvalue weighted by molar-refractivity contribution is 0.103. The summed E-state index contributed by atoms with van der Waals surface area (Å²) >= 11 is 4.85. The van der Waals surface area contributed by atoms with Crippen molar-refractivity contribution in [1.82, 2.24) is 0 Å². The van der Waals surface area contributed by atoms with Crippen LogP contribution in [0.3, 0.4) is 0 Å². The second-order valence-electron chi connectivity index (χ2n) is 3.95. The molecule has 0 aliphatic rings. The number of hydrogen-bond acceptors (Lipinski definition) is 4. The molecule has 0 atom stereocenters. The van der Waals surface area contributed by atoms with Crippen molar-refractivity contribution in [3.05, 3.63) is 44.1 Å². The molecule has 0 aliphatic carbocycles. The summed E-state index contributed by atoms with van der Waals surface area (Å²) in [5, 5.41) is 1.91. The number of methoxy groups -OCH3 is 2.